The quantitative estimate of drug-likeness (QED) is 0.584. The van der Waals surface area contributed by atoms with Gasteiger partial charge in [-0.1, -0.05) is 42.7 Å². The summed E-state index contributed by atoms with van der Waals surface area (Å²) in [5.41, 5.74) is 1.71. The van der Waals surface area contributed by atoms with E-state index < -0.39 is 6.10 Å². The average Bonchev–Trinajstić information content (AvgIpc) is 3.26. The molecule has 31 heavy (non-hydrogen) atoms. The van der Waals surface area contributed by atoms with E-state index in [1.54, 1.807) is 12.1 Å². The van der Waals surface area contributed by atoms with Crippen LogP contribution in [0.2, 0.25) is 5.02 Å². The number of benzene rings is 2. The molecule has 1 aliphatic rings. The molecular weight excluding hydrogens is 416 g/mol. The fourth-order valence-electron chi connectivity index (χ4n) is 3.58. The number of carbonyl (C=O) groups excluding carboxylic acids is 1. The van der Waals surface area contributed by atoms with Crippen LogP contribution < -0.4 is 15.0 Å². The summed E-state index contributed by atoms with van der Waals surface area (Å²) in [6.07, 6.45) is 1.14. The Bertz CT molecular complexity index is 1030. The Kier molecular flexibility index (Phi) is 6.42. The number of carbonyl (C=O) groups is 1. The molecule has 1 aromatic heterocycles. The molecule has 0 aliphatic carbocycles. The number of aromatic nitrogens is 2. The van der Waals surface area contributed by atoms with E-state index in [-0.39, 0.29) is 11.9 Å². The van der Waals surface area contributed by atoms with Gasteiger partial charge in [0.05, 0.1) is 18.8 Å². The van der Waals surface area contributed by atoms with Crippen molar-refractivity contribution in [2.24, 2.45) is 0 Å². The third kappa shape index (κ3) is 4.82. The lowest BCUT2D eigenvalue weighted by Crippen LogP contribution is -2.51. The number of anilines is 1. The number of rotatable bonds is 7. The van der Waals surface area contributed by atoms with Crippen LogP contribution in [0.1, 0.15) is 32.6 Å². The molecule has 4 rings (SSSR count). The number of nitrogens with zero attached hydrogens (tertiary/aromatic N) is 3. The largest absolute Gasteiger partial charge is 0.477 e. The Labute approximate surface area is 186 Å². The van der Waals surface area contributed by atoms with Crippen LogP contribution in [-0.4, -0.2) is 34.7 Å². The van der Waals surface area contributed by atoms with Gasteiger partial charge < -0.3 is 19.5 Å². The molecule has 8 heteroatoms. The van der Waals surface area contributed by atoms with Crippen molar-refractivity contribution in [1.29, 1.82) is 0 Å². The first-order valence-electron chi connectivity index (χ1n) is 10.5. The molecule has 1 unspecified atom stereocenters. The molecule has 0 radical (unpaired) electrons. The molecule has 0 fully saturated rings. The molecule has 1 amide bonds. The van der Waals surface area contributed by atoms with Crippen LogP contribution in [-0.2, 0) is 11.3 Å². The lowest BCUT2D eigenvalue weighted by molar-refractivity contribution is -0.128. The van der Waals surface area contributed by atoms with Crippen LogP contribution >= 0.6 is 11.6 Å². The maximum atomic E-state index is 12.8. The van der Waals surface area contributed by atoms with E-state index in [0.29, 0.717) is 35.6 Å². The number of para-hydroxylation sites is 2. The Morgan fingerprint density at radius 3 is 2.68 bits per heavy atom. The summed E-state index contributed by atoms with van der Waals surface area (Å²) in [6, 6.07) is 15.1. The van der Waals surface area contributed by atoms with Crippen LogP contribution in [0, 0.1) is 0 Å². The molecule has 162 valence electrons. The fourth-order valence-corrected chi connectivity index (χ4v) is 3.70. The van der Waals surface area contributed by atoms with Crippen molar-refractivity contribution in [3.05, 3.63) is 59.4 Å². The minimum absolute atomic E-state index is 0.111. The second kappa shape index (κ2) is 9.39. The Balaban J connectivity index is 1.53. The zero-order valence-corrected chi connectivity index (χ0v) is 18.3. The second-order valence-electron chi connectivity index (χ2n) is 7.50. The Morgan fingerprint density at radius 2 is 1.94 bits per heavy atom. The number of fused-ring (bicyclic) bond motifs is 1. The van der Waals surface area contributed by atoms with E-state index in [1.807, 2.05) is 41.3 Å². The van der Waals surface area contributed by atoms with Crippen molar-refractivity contribution in [1.82, 2.24) is 15.5 Å². The van der Waals surface area contributed by atoms with Crippen molar-refractivity contribution in [3.63, 3.8) is 0 Å². The maximum absolute atomic E-state index is 12.8. The predicted molar refractivity (Wildman–Crippen MR) is 119 cm³/mol. The zero-order valence-electron chi connectivity index (χ0n) is 17.5. The molecule has 3 aromatic rings. The molecule has 0 spiro atoms. The number of hydrogen-bond donors (Lipinski definition) is 1. The van der Waals surface area contributed by atoms with Gasteiger partial charge >= 0.3 is 0 Å². The molecule has 7 nitrogen and oxygen atoms in total. The predicted octanol–water partition coefficient (Wildman–Crippen LogP) is 4.46. The molecule has 2 heterocycles. The van der Waals surface area contributed by atoms with Gasteiger partial charge in [-0.3, -0.25) is 4.79 Å². The smallest absolute Gasteiger partial charge is 0.263 e. The molecule has 0 bridgehead atoms. The fraction of sp³-hybridized carbons (Fsp3) is 0.348. The van der Waals surface area contributed by atoms with Gasteiger partial charge in [-0.15, -0.1) is 0 Å². The number of ether oxygens (including phenoxy) is 1. The molecule has 1 aliphatic heterocycles. The van der Waals surface area contributed by atoms with Crippen molar-refractivity contribution < 1.29 is 14.1 Å². The normalized spacial score (nSPS) is 15.5. The van der Waals surface area contributed by atoms with Gasteiger partial charge in [0.1, 0.15) is 5.75 Å². The number of hydrogen-bond acceptors (Lipinski definition) is 6. The van der Waals surface area contributed by atoms with Crippen molar-refractivity contribution in [2.75, 3.05) is 11.4 Å². The maximum Gasteiger partial charge on any atom is 0.263 e. The minimum Gasteiger partial charge on any atom is -0.477 e. The third-order valence-electron chi connectivity index (χ3n) is 5.38. The van der Waals surface area contributed by atoms with Gasteiger partial charge in [-0.2, -0.15) is 4.98 Å². The van der Waals surface area contributed by atoms with Crippen LogP contribution in [0.15, 0.2) is 53.1 Å². The van der Waals surface area contributed by atoms with E-state index in [4.69, 9.17) is 20.9 Å². The van der Waals surface area contributed by atoms with Crippen molar-refractivity contribution in [3.8, 4) is 17.1 Å². The number of amides is 1. The van der Waals surface area contributed by atoms with Gasteiger partial charge in [0.25, 0.3) is 5.91 Å². The lowest BCUT2D eigenvalue weighted by Gasteiger charge is -2.35. The molecule has 0 saturated carbocycles. The minimum atomic E-state index is -0.617. The summed E-state index contributed by atoms with van der Waals surface area (Å²) in [5, 5.41) is 7.81. The van der Waals surface area contributed by atoms with Crippen LogP contribution in [0.5, 0.6) is 5.75 Å². The van der Waals surface area contributed by atoms with Crippen molar-refractivity contribution in [2.45, 2.75) is 45.4 Å². The number of nitrogens with one attached hydrogen (secondary N) is 1. The van der Waals surface area contributed by atoms with E-state index in [0.717, 1.165) is 24.1 Å². The zero-order chi connectivity index (χ0) is 21.8. The topological polar surface area (TPSA) is 80.5 Å². The summed E-state index contributed by atoms with van der Waals surface area (Å²) in [6.45, 7) is 4.88. The van der Waals surface area contributed by atoms with E-state index in [1.165, 1.54) is 0 Å². The van der Waals surface area contributed by atoms with Gasteiger partial charge in [0, 0.05) is 16.6 Å². The summed E-state index contributed by atoms with van der Waals surface area (Å²) in [5.74, 6) is 1.51. The van der Waals surface area contributed by atoms with Gasteiger partial charge in [-0.05, 0) is 49.2 Å². The van der Waals surface area contributed by atoms with E-state index >= 15 is 0 Å². The molecule has 0 saturated heterocycles. The Hall–Kier alpha value is -3.06. The highest BCUT2D eigenvalue weighted by molar-refractivity contribution is 6.30. The highest BCUT2D eigenvalue weighted by Crippen LogP contribution is 2.34. The first-order chi connectivity index (χ1) is 15.1. The summed E-state index contributed by atoms with van der Waals surface area (Å²) >= 11 is 5.95. The van der Waals surface area contributed by atoms with E-state index in [9.17, 15) is 4.79 Å². The van der Waals surface area contributed by atoms with E-state index in [2.05, 4.69) is 29.3 Å². The standard InChI is InChI=1S/C23H25ClN4O3/c1-3-17(4-2)25-23(29)20-13-28(18-7-5-6-8-19(18)30-20)14-21-26-22(27-31-21)15-9-11-16(24)12-10-15/h5-12,17,20H,3-4,13-14H2,1-2H3,(H,25,29). The summed E-state index contributed by atoms with van der Waals surface area (Å²) in [4.78, 5) is 19.4. The monoisotopic (exact) mass is 440 g/mol. The molecule has 2 aromatic carbocycles. The summed E-state index contributed by atoms with van der Waals surface area (Å²) in [7, 11) is 0. The molecule has 1 N–H and O–H groups in total. The molecule has 1 atom stereocenters. The van der Waals surface area contributed by atoms with Crippen LogP contribution in [0.3, 0.4) is 0 Å². The highest BCUT2D eigenvalue weighted by Gasteiger charge is 2.32. The SMILES string of the molecule is CCC(CC)NC(=O)C1CN(Cc2nc(-c3ccc(Cl)cc3)no2)c2ccccc2O1. The third-order valence-corrected chi connectivity index (χ3v) is 5.63. The average molecular weight is 441 g/mol. The Morgan fingerprint density at radius 1 is 1.19 bits per heavy atom. The second-order valence-corrected chi connectivity index (χ2v) is 7.93. The van der Waals surface area contributed by atoms with Gasteiger partial charge in [-0.25, -0.2) is 0 Å². The first-order valence-corrected chi connectivity index (χ1v) is 10.8. The lowest BCUT2D eigenvalue weighted by atomic mass is 10.1. The van der Waals surface area contributed by atoms with Crippen LogP contribution in [0.25, 0.3) is 11.4 Å². The molecular formula is C23H25ClN4O3. The summed E-state index contributed by atoms with van der Waals surface area (Å²) < 4.78 is 11.5. The van der Waals surface area contributed by atoms with Crippen molar-refractivity contribution >= 4 is 23.2 Å². The van der Waals surface area contributed by atoms with Gasteiger partial charge in [0.15, 0.2) is 6.10 Å². The highest BCUT2D eigenvalue weighted by atomic mass is 35.5. The number of halogens is 1. The van der Waals surface area contributed by atoms with Gasteiger partial charge in [0.2, 0.25) is 11.7 Å². The van der Waals surface area contributed by atoms with Crippen LogP contribution in [0.4, 0.5) is 5.69 Å². The first kappa shape index (κ1) is 21.2.